The van der Waals surface area contributed by atoms with Crippen molar-refractivity contribution in [3.05, 3.63) is 50.5 Å². The summed E-state index contributed by atoms with van der Waals surface area (Å²) in [5.74, 6) is -1.50. The van der Waals surface area contributed by atoms with Gasteiger partial charge in [-0.05, 0) is 38.8 Å². The Labute approximate surface area is 186 Å². The second-order valence-corrected chi connectivity index (χ2v) is 8.14. The Kier molecular flexibility index (Phi) is 7.61. The van der Waals surface area contributed by atoms with Gasteiger partial charge in [0, 0.05) is 24.7 Å². The topological polar surface area (TPSA) is 101 Å². The molecular formula is C19H21Cl2F3N4O3. The first-order chi connectivity index (χ1) is 14.2. The van der Waals surface area contributed by atoms with E-state index in [0.717, 1.165) is 25.9 Å². The molecule has 7 nitrogen and oxygen atoms in total. The van der Waals surface area contributed by atoms with Crippen LogP contribution in [0.2, 0.25) is 10.0 Å². The van der Waals surface area contributed by atoms with Crippen molar-refractivity contribution in [3.8, 4) is 5.69 Å². The zero-order chi connectivity index (χ0) is 23.6. The van der Waals surface area contributed by atoms with Crippen LogP contribution in [0.15, 0.2) is 29.1 Å². The number of alkyl halides is 3. The zero-order valence-corrected chi connectivity index (χ0v) is 18.2. The highest BCUT2D eigenvalue weighted by Crippen LogP contribution is 2.29. The number of carbonyl (C=O) groups is 1. The van der Waals surface area contributed by atoms with Crippen LogP contribution < -0.4 is 16.2 Å². The van der Waals surface area contributed by atoms with Gasteiger partial charge in [0.05, 0.1) is 15.7 Å². The third-order valence-corrected chi connectivity index (χ3v) is 5.53. The molecule has 1 fully saturated rings. The molecule has 1 aromatic heterocycles. The molecule has 12 heteroatoms. The fraction of sp³-hybridized carbons (Fsp3) is 0.421. The maximum absolute atomic E-state index is 12.7. The minimum absolute atomic E-state index is 0.144. The molecule has 0 bridgehead atoms. The maximum atomic E-state index is 12.7. The van der Waals surface area contributed by atoms with Crippen molar-refractivity contribution in [2.45, 2.75) is 38.4 Å². The fourth-order valence-corrected chi connectivity index (χ4v) is 3.33. The van der Waals surface area contributed by atoms with E-state index in [1.54, 1.807) is 31.2 Å². The minimum Gasteiger partial charge on any atom is -0.475 e. The zero-order valence-electron chi connectivity index (χ0n) is 16.7. The largest absolute Gasteiger partial charge is 0.490 e. The Morgan fingerprint density at radius 1 is 1.26 bits per heavy atom. The van der Waals surface area contributed by atoms with E-state index >= 15 is 0 Å². The summed E-state index contributed by atoms with van der Waals surface area (Å²) in [6.45, 7) is 5.43. The van der Waals surface area contributed by atoms with Crippen molar-refractivity contribution in [3.63, 3.8) is 0 Å². The van der Waals surface area contributed by atoms with Crippen LogP contribution in [0.1, 0.15) is 25.6 Å². The van der Waals surface area contributed by atoms with Crippen LogP contribution in [-0.4, -0.2) is 45.4 Å². The van der Waals surface area contributed by atoms with E-state index in [1.807, 2.05) is 0 Å². The van der Waals surface area contributed by atoms with Gasteiger partial charge >= 0.3 is 12.1 Å². The molecule has 0 unspecified atom stereocenters. The van der Waals surface area contributed by atoms with Crippen LogP contribution in [0.25, 0.3) is 5.69 Å². The third kappa shape index (κ3) is 6.34. The molecule has 1 aliphatic rings. The average molecular weight is 481 g/mol. The lowest BCUT2D eigenvalue weighted by molar-refractivity contribution is -0.192. The van der Waals surface area contributed by atoms with Gasteiger partial charge in [0.1, 0.15) is 11.6 Å². The van der Waals surface area contributed by atoms with Gasteiger partial charge in [0.25, 0.3) is 5.56 Å². The summed E-state index contributed by atoms with van der Waals surface area (Å²) in [4.78, 5) is 28.3. The highest BCUT2D eigenvalue weighted by atomic mass is 35.5. The number of aliphatic carboxylic acids is 1. The van der Waals surface area contributed by atoms with Crippen molar-refractivity contribution in [1.82, 2.24) is 9.55 Å². The number of halogens is 5. The summed E-state index contributed by atoms with van der Waals surface area (Å²) < 4.78 is 33.2. The fourth-order valence-electron chi connectivity index (χ4n) is 2.95. The number of nitrogens with zero attached hydrogens (tertiary/aromatic N) is 3. The van der Waals surface area contributed by atoms with Crippen molar-refractivity contribution in [2.24, 2.45) is 5.73 Å². The summed E-state index contributed by atoms with van der Waals surface area (Å²) >= 11 is 12.3. The number of hydrogen-bond acceptors (Lipinski definition) is 5. The lowest BCUT2D eigenvalue weighted by atomic mass is 9.91. The number of carboxylic acids is 1. The van der Waals surface area contributed by atoms with E-state index in [2.05, 4.69) is 16.8 Å². The SMILES string of the molecule is Cc1nc(N2CCC(C)(N)CC2)cc(=O)n1-c1cccc(Cl)c1Cl.O=C(O)C(F)(F)F. The number of anilines is 1. The molecule has 2 heterocycles. The molecule has 1 saturated heterocycles. The van der Waals surface area contributed by atoms with E-state index in [0.29, 0.717) is 27.4 Å². The molecule has 0 amide bonds. The number of benzene rings is 1. The second-order valence-electron chi connectivity index (χ2n) is 7.35. The molecule has 3 rings (SSSR count). The molecule has 0 spiro atoms. The number of aromatic nitrogens is 2. The van der Waals surface area contributed by atoms with E-state index in [-0.39, 0.29) is 11.1 Å². The van der Waals surface area contributed by atoms with Crippen LogP contribution in [0.3, 0.4) is 0 Å². The molecule has 1 aromatic carbocycles. The monoisotopic (exact) mass is 480 g/mol. The summed E-state index contributed by atoms with van der Waals surface area (Å²) in [6, 6.07) is 6.75. The standard InChI is InChI=1S/C17H20Cl2N4O.C2HF3O2/c1-11-21-14(22-8-6-17(2,20)7-9-22)10-15(24)23(11)13-5-3-4-12(18)16(13)19;3-2(4,5)1(6)7/h3-5,10H,6-9,20H2,1-2H3;(H,6,7). The maximum Gasteiger partial charge on any atom is 0.490 e. The second kappa shape index (κ2) is 9.46. The highest BCUT2D eigenvalue weighted by Gasteiger charge is 2.38. The van der Waals surface area contributed by atoms with Gasteiger partial charge in [-0.3, -0.25) is 9.36 Å². The molecular weight excluding hydrogens is 460 g/mol. The third-order valence-electron chi connectivity index (χ3n) is 4.72. The Balaban J connectivity index is 0.000000423. The predicted octanol–water partition coefficient (Wildman–Crippen LogP) is 3.80. The number of nitrogens with two attached hydrogens (primary N) is 1. The highest BCUT2D eigenvalue weighted by molar-refractivity contribution is 6.43. The van der Waals surface area contributed by atoms with E-state index in [1.165, 1.54) is 4.57 Å². The molecule has 1 aliphatic heterocycles. The van der Waals surface area contributed by atoms with Gasteiger partial charge in [0.15, 0.2) is 0 Å². The van der Waals surface area contributed by atoms with Gasteiger partial charge < -0.3 is 15.7 Å². The summed E-state index contributed by atoms with van der Waals surface area (Å²) in [5, 5.41) is 7.87. The number of carboxylic acid groups (broad SMARTS) is 1. The average Bonchev–Trinajstić information content (AvgIpc) is 2.64. The van der Waals surface area contributed by atoms with Crippen molar-refractivity contribution >= 4 is 35.0 Å². The number of rotatable bonds is 2. The molecule has 2 aromatic rings. The molecule has 0 atom stereocenters. The Bertz CT molecular complexity index is 1020. The van der Waals surface area contributed by atoms with E-state index in [4.69, 9.17) is 38.8 Å². The predicted molar refractivity (Wildman–Crippen MR) is 112 cm³/mol. The van der Waals surface area contributed by atoms with E-state index < -0.39 is 12.1 Å². The van der Waals surface area contributed by atoms with Crippen LogP contribution in [0.5, 0.6) is 0 Å². The normalized spacial score (nSPS) is 15.8. The molecule has 0 radical (unpaired) electrons. The molecule has 0 aliphatic carbocycles. The molecule has 170 valence electrons. The van der Waals surface area contributed by atoms with Crippen LogP contribution in [0, 0.1) is 6.92 Å². The molecule has 0 saturated carbocycles. The Morgan fingerprint density at radius 2 is 1.81 bits per heavy atom. The van der Waals surface area contributed by atoms with Crippen LogP contribution in [0.4, 0.5) is 19.0 Å². The summed E-state index contributed by atoms with van der Waals surface area (Å²) in [6.07, 6.45) is -3.34. The van der Waals surface area contributed by atoms with Crippen LogP contribution in [-0.2, 0) is 4.79 Å². The minimum atomic E-state index is -5.08. The quantitative estimate of drug-likeness (QED) is 0.677. The van der Waals surface area contributed by atoms with Gasteiger partial charge in [-0.15, -0.1) is 0 Å². The summed E-state index contributed by atoms with van der Waals surface area (Å²) in [5.41, 5.74) is 6.39. The first-order valence-electron chi connectivity index (χ1n) is 9.12. The van der Waals surface area contributed by atoms with E-state index in [9.17, 15) is 18.0 Å². The number of aryl methyl sites for hydroxylation is 1. The molecule has 31 heavy (non-hydrogen) atoms. The van der Waals surface area contributed by atoms with Crippen LogP contribution >= 0.6 is 23.2 Å². The lowest BCUT2D eigenvalue weighted by Gasteiger charge is -2.37. The van der Waals surface area contributed by atoms with Gasteiger partial charge in [-0.1, -0.05) is 29.3 Å². The Hall–Kier alpha value is -2.30. The Morgan fingerprint density at radius 3 is 2.29 bits per heavy atom. The summed E-state index contributed by atoms with van der Waals surface area (Å²) in [7, 11) is 0. The van der Waals surface area contributed by atoms with Crippen molar-refractivity contribution in [1.29, 1.82) is 0 Å². The molecule has 3 N–H and O–H groups in total. The lowest BCUT2D eigenvalue weighted by Crippen LogP contribution is -2.48. The van der Waals surface area contributed by atoms with Gasteiger partial charge in [-0.25, -0.2) is 9.78 Å². The van der Waals surface area contributed by atoms with Crippen molar-refractivity contribution < 1.29 is 23.1 Å². The smallest absolute Gasteiger partial charge is 0.475 e. The van der Waals surface area contributed by atoms with Crippen molar-refractivity contribution in [2.75, 3.05) is 18.0 Å². The van der Waals surface area contributed by atoms with Gasteiger partial charge in [-0.2, -0.15) is 13.2 Å². The first-order valence-corrected chi connectivity index (χ1v) is 9.87. The first kappa shape index (κ1) is 25.0. The number of piperidine rings is 1. The van der Waals surface area contributed by atoms with Gasteiger partial charge in [0.2, 0.25) is 0 Å². The number of hydrogen-bond donors (Lipinski definition) is 2.